The van der Waals surface area contributed by atoms with Crippen molar-refractivity contribution in [3.8, 4) is 11.1 Å². The molecule has 4 aromatic rings. The first-order valence-corrected chi connectivity index (χ1v) is 12.7. The van der Waals surface area contributed by atoms with E-state index in [9.17, 15) is 22.8 Å². The average Bonchev–Trinajstić information content (AvgIpc) is 2.96. The van der Waals surface area contributed by atoms with Gasteiger partial charge in [-0.25, -0.2) is 4.79 Å². The number of benzene rings is 3. The molecule has 2 amide bonds. The van der Waals surface area contributed by atoms with E-state index in [1.807, 2.05) is 54.6 Å². The molecule has 3 aromatic carbocycles. The lowest BCUT2D eigenvalue weighted by atomic mass is 9.95. The van der Waals surface area contributed by atoms with E-state index < -0.39 is 23.9 Å². The molecular formula is C31H28F3N3O3. The van der Waals surface area contributed by atoms with Crippen molar-refractivity contribution < 1.29 is 27.5 Å². The Hall–Kier alpha value is -4.66. The molecule has 2 N–H and O–H groups in total. The lowest BCUT2D eigenvalue weighted by Gasteiger charge is -2.17. The number of alkyl carbamates (subject to hydrolysis) is 1. The van der Waals surface area contributed by atoms with Crippen LogP contribution >= 0.6 is 0 Å². The van der Waals surface area contributed by atoms with Crippen molar-refractivity contribution in [2.24, 2.45) is 0 Å². The van der Waals surface area contributed by atoms with Crippen molar-refractivity contribution in [1.29, 1.82) is 0 Å². The van der Waals surface area contributed by atoms with Crippen LogP contribution < -0.4 is 10.6 Å². The Morgan fingerprint density at radius 3 is 2.23 bits per heavy atom. The van der Waals surface area contributed by atoms with Crippen LogP contribution in [0.2, 0.25) is 0 Å². The Bertz CT molecular complexity index is 1440. The van der Waals surface area contributed by atoms with E-state index in [0.29, 0.717) is 29.7 Å². The number of nitrogens with zero attached hydrogens (tertiary/aromatic N) is 1. The van der Waals surface area contributed by atoms with Crippen molar-refractivity contribution in [3.63, 3.8) is 0 Å². The minimum atomic E-state index is -4.44. The molecule has 1 heterocycles. The highest BCUT2D eigenvalue weighted by Crippen LogP contribution is 2.31. The molecule has 40 heavy (non-hydrogen) atoms. The quantitative estimate of drug-likeness (QED) is 0.244. The summed E-state index contributed by atoms with van der Waals surface area (Å²) in [6.45, 7) is 2.12. The summed E-state index contributed by atoms with van der Waals surface area (Å²) in [5.74, 6) is -0.223. The van der Waals surface area contributed by atoms with Gasteiger partial charge in [-0.3, -0.25) is 9.78 Å². The average molecular weight is 548 g/mol. The van der Waals surface area contributed by atoms with Crippen molar-refractivity contribution >= 4 is 12.0 Å². The van der Waals surface area contributed by atoms with Crippen molar-refractivity contribution in [3.05, 3.63) is 125 Å². The summed E-state index contributed by atoms with van der Waals surface area (Å²) in [7, 11) is 0. The van der Waals surface area contributed by atoms with Crippen LogP contribution in [0.25, 0.3) is 11.1 Å². The fourth-order valence-electron chi connectivity index (χ4n) is 4.18. The number of carbonyl (C=O) groups excluding carboxylic acids is 2. The first-order chi connectivity index (χ1) is 19.2. The van der Waals surface area contributed by atoms with Crippen LogP contribution in [-0.2, 0) is 23.9 Å². The Kier molecular flexibility index (Phi) is 9.16. The molecule has 0 aliphatic carbocycles. The van der Waals surface area contributed by atoms with E-state index in [-0.39, 0.29) is 12.5 Å². The molecule has 1 aromatic heterocycles. The van der Waals surface area contributed by atoms with Gasteiger partial charge in [0.2, 0.25) is 0 Å². The Morgan fingerprint density at radius 2 is 1.52 bits per heavy atom. The van der Waals surface area contributed by atoms with Gasteiger partial charge < -0.3 is 15.4 Å². The van der Waals surface area contributed by atoms with Crippen LogP contribution in [0.15, 0.2) is 97.2 Å². The lowest BCUT2D eigenvalue weighted by Crippen LogP contribution is -2.27. The summed E-state index contributed by atoms with van der Waals surface area (Å²) < 4.78 is 43.8. The zero-order valence-corrected chi connectivity index (χ0v) is 21.7. The molecule has 0 radical (unpaired) electrons. The summed E-state index contributed by atoms with van der Waals surface area (Å²) in [5, 5.41) is 5.64. The minimum Gasteiger partial charge on any atom is -0.442 e. The maximum atomic E-state index is 13.1. The zero-order valence-electron chi connectivity index (χ0n) is 21.7. The molecule has 0 fully saturated rings. The summed E-state index contributed by atoms with van der Waals surface area (Å²) in [5.41, 5.74) is 3.28. The SMILES string of the molecule is CC(OC(=O)NCc1ccccc1-c1ccccc1C(=O)NCCc1ccccn1)c1ccc(C(F)(F)F)cc1. The molecule has 0 aliphatic rings. The summed E-state index contributed by atoms with van der Waals surface area (Å²) >= 11 is 0. The number of alkyl halides is 3. The van der Waals surface area contributed by atoms with Crippen molar-refractivity contribution in [2.75, 3.05) is 6.54 Å². The number of rotatable bonds is 9. The maximum Gasteiger partial charge on any atom is 0.416 e. The Morgan fingerprint density at radius 1 is 0.850 bits per heavy atom. The van der Waals surface area contributed by atoms with Crippen molar-refractivity contribution in [1.82, 2.24) is 15.6 Å². The van der Waals surface area contributed by atoms with E-state index in [2.05, 4.69) is 15.6 Å². The largest absolute Gasteiger partial charge is 0.442 e. The first kappa shape index (κ1) is 28.4. The van der Waals surface area contributed by atoms with E-state index >= 15 is 0 Å². The molecule has 1 unspecified atom stereocenters. The topological polar surface area (TPSA) is 80.3 Å². The monoisotopic (exact) mass is 547 g/mol. The van der Waals surface area contributed by atoms with Crippen LogP contribution in [0.3, 0.4) is 0 Å². The van der Waals surface area contributed by atoms with Gasteiger partial charge in [-0.1, -0.05) is 60.7 Å². The number of hydrogen-bond donors (Lipinski definition) is 2. The number of hydrogen-bond acceptors (Lipinski definition) is 4. The fourth-order valence-corrected chi connectivity index (χ4v) is 4.18. The van der Waals surface area contributed by atoms with Crippen LogP contribution in [0.4, 0.5) is 18.0 Å². The van der Waals surface area contributed by atoms with Gasteiger partial charge in [0.05, 0.1) is 5.56 Å². The third-order valence-corrected chi connectivity index (χ3v) is 6.29. The highest BCUT2D eigenvalue weighted by molar-refractivity contribution is 6.01. The van der Waals surface area contributed by atoms with Gasteiger partial charge in [-0.2, -0.15) is 13.2 Å². The predicted octanol–water partition coefficient (Wildman–Crippen LogP) is 6.73. The summed E-state index contributed by atoms with van der Waals surface area (Å²) in [6.07, 6.45) is -3.60. The number of amides is 2. The van der Waals surface area contributed by atoms with Crippen LogP contribution in [-0.4, -0.2) is 23.5 Å². The van der Waals surface area contributed by atoms with E-state index in [0.717, 1.165) is 29.0 Å². The second-order valence-electron chi connectivity index (χ2n) is 9.05. The Balaban J connectivity index is 1.40. The number of halogens is 3. The normalized spacial score (nSPS) is 11.9. The van der Waals surface area contributed by atoms with Gasteiger partial charge in [-0.05, 0) is 59.5 Å². The van der Waals surface area contributed by atoms with Gasteiger partial charge in [0.1, 0.15) is 6.10 Å². The highest BCUT2D eigenvalue weighted by Gasteiger charge is 2.30. The second kappa shape index (κ2) is 12.9. The van der Waals surface area contributed by atoms with Crippen LogP contribution in [0, 0.1) is 0 Å². The minimum absolute atomic E-state index is 0.115. The molecule has 0 saturated carbocycles. The van der Waals surface area contributed by atoms with E-state index in [4.69, 9.17) is 4.74 Å². The number of ether oxygens (including phenoxy) is 1. The molecule has 4 rings (SSSR count). The maximum absolute atomic E-state index is 13.1. The number of nitrogens with one attached hydrogen (secondary N) is 2. The fraction of sp³-hybridized carbons (Fsp3) is 0.194. The lowest BCUT2D eigenvalue weighted by molar-refractivity contribution is -0.137. The zero-order chi connectivity index (χ0) is 28.5. The van der Waals surface area contributed by atoms with Gasteiger partial charge in [-0.15, -0.1) is 0 Å². The van der Waals surface area contributed by atoms with E-state index in [1.165, 1.54) is 12.1 Å². The number of carbonyl (C=O) groups is 2. The Labute approximate surface area is 230 Å². The van der Waals surface area contributed by atoms with Gasteiger partial charge >= 0.3 is 12.3 Å². The molecule has 6 nitrogen and oxygen atoms in total. The molecule has 0 aliphatic heterocycles. The second-order valence-corrected chi connectivity index (χ2v) is 9.05. The molecule has 9 heteroatoms. The molecule has 1 atom stereocenters. The molecular weight excluding hydrogens is 519 g/mol. The highest BCUT2D eigenvalue weighted by atomic mass is 19.4. The van der Waals surface area contributed by atoms with Gasteiger partial charge in [0.15, 0.2) is 0 Å². The van der Waals surface area contributed by atoms with Gasteiger partial charge in [0, 0.05) is 37.0 Å². The number of pyridine rings is 1. The summed E-state index contributed by atoms with van der Waals surface area (Å²) in [6, 6.07) is 24.7. The smallest absolute Gasteiger partial charge is 0.416 e. The third-order valence-electron chi connectivity index (χ3n) is 6.29. The molecule has 0 saturated heterocycles. The van der Waals surface area contributed by atoms with Gasteiger partial charge in [0.25, 0.3) is 5.91 Å². The molecule has 0 bridgehead atoms. The predicted molar refractivity (Wildman–Crippen MR) is 145 cm³/mol. The number of aromatic nitrogens is 1. The van der Waals surface area contributed by atoms with Crippen LogP contribution in [0.5, 0.6) is 0 Å². The molecule has 206 valence electrons. The first-order valence-electron chi connectivity index (χ1n) is 12.7. The standard InChI is InChI=1S/C31H28F3N3O3/c1-21(22-13-15-24(16-14-22)31(32,33)34)40-30(39)37-20-23-8-2-3-10-26(23)27-11-4-5-12-28(27)29(38)36-19-17-25-9-6-7-18-35-25/h2-16,18,21H,17,19-20H2,1H3,(H,36,38)(H,37,39). The third kappa shape index (κ3) is 7.47. The van der Waals surface area contributed by atoms with E-state index in [1.54, 1.807) is 25.3 Å². The molecule has 0 spiro atoms. The summed E-state index contributed by atoms with van der Waals surface area (Å²) in [4.78, 5) is 29.8. The van der Waals surface area contributed by atoms with Crippen LogP contribution in [0.1, 0.15) is 45.8 Å². The van der Waals surface area contributed by atoms with Crippen molar-refractivity contribution in [2.45, 2.75) is 32.2 Å².